The van der Waals surface area contributed by atoms with Crippen LogP contribution in [0, 0.1) is 3.57 Å². The lowest BCUT2D eigenvalue weighted by atomic mass is 10.2. The average molecular weight is 353 g/mol. The molecule has 16 heavy (non-hydrogen) atoms. The third-order valence-corrected chi connectivity index (χ3v) is 3.41. The maximum absolute atomic E-state index is 11.8. The molecular formula is C11H14ClIN2O. The smallest absolute Gasteiger partial charge is 0.252 e. The summed E-state index contributed by atoms with van der Waals surface area (Å²) in [6.07, 6.45) is 0. The number of rotatable bonds is 4. The minimum Gasteiger partial charge on any atom is -0.350 e. The Kier molecular flexibility index (Phi) is 5.51. The summed E-state index contributed by atoms with van der Waals surface area (Å²) >= 11 is 7.98. The Morgan fingerprint density at radius 1 is 1.56 bits per heavy atom. The van der Waals surface area contributed by atoms with Crippen LogP contribution in [0.15, 0.2) is 18.2 Å². The molecule has 0 spiro atoms. The van der Waals surface area contributed by atoms with Crippen molar-refractivity contribution in [1.82, 2.24) is 10.6 Å². The molecule has 0 fully saturated rings. The van der Waals surface area contributed by atoms with E-state index in [1.54, 1.807) is 12.1 Å². The second kappa shape index (κ2) is 6.42. The Morgan fingerprint density at radius 3 is 2.88 bits per heavy atom. The van der Waals surface area contributed by atoms with Crippen molar-refractivity contribution in [2.75, 3.05) is 13.6 Å². The minimum atomic E-state index is -0.0889. The SMILES string of the molecule is CNC(C)CNC(=O)c1cc(Cl)ccc1I. The lowest BCUT2D eigenvalue weighted by Crippen LogP contribution is -2.37. The Morgan fingerprint density at radius 2 is 2.25 bits per heavy atom. The number of amides is 1. The number of carbonyl (C=O) groups excluding carboxylic acids is 1. The van der Waals surface area contributed by atoms with Gasteiger partial charge in [-0.2, -0.15) is 0 Å². The van der Waals surface area contributed by atoms with E-state index >= 15 is 0 Å². The van der Waals surface area contributed by atoms with E-state index in [2.05, 4.69) is 33.2 Å². The molecule has 1 aromatic rings. The van der Waals surface area contributed by atoms with E-state index in [9.17, 15) is 4.79 Å². The van der Waals surface area contributed by atoms with Gasteiger partial charge in [0.05, 0.1) is 5.56 Å². The number of hydrogen-bond donors (Lipinski definition) is 2. The van der Waals surface area contributed by atoms with Gasteiger partial charge in [0.2, 0.25) is 0 Å². The van der Waals surface area contributed by atoms with E-state index in [0.29, 0.717) is 17.1 Å². The van der Waals surface area contributed by atoms with E-state index < -0.39 is 0 Å². The molecule has 0 saturated heterocycles. The highest BCUT2D eigenvalue weighted by atomic mass is 127. The van der Waals surface area contributed by atoms with Crippen molar-refractivity contribution in [2.45, 2.75) is 13.0 Å². The third-order valence-electron chi connectivity index (χ3n) is 2.23. The summed E-state index contributed by atoms with van der Waals surface area (Å²) in [6, 6.07) is 5.54. The van der Waals surface area contributed by atoms with Crippen LogP contribution in [0.25, 0.3) is 0 Å². The minimum absolute atomic E-state index is 0.0889. The van der Waals surface area contributed by atoms with E-state index in [-0.39, 0.29) is 11.9 Å². The maximum atomic E-state index is 11.8. The predicted molar refractivity (Wildman–Crippen MR) is 75.0 cm³/mol. The molecule has 1 rings (SSSR count). The van der Waals surface area contributed by atoms with Gasteiger partial charge in [-0.15, -0.1) is 0 Å². The fourth-order valence-electron chi connectivity index (χ4n) is 1.11. The summed E-state index contributed by atoms with van der Waals surface area (Å²) in [6.45, 7) is 2.60. The highest BCUT2D eigenvalue weighted by Gasteiger charge is 2.10. The number of benzene rings is 1. The van der Waals surface area contributed by atoms with Crippen LogP contribution in [0.1, 0.15) is 17.3 Å². The normalized spacial score (nSPS) is 12.2. The quantitative estimate of drug-likeness (QED) is 0.816. The van der Waals surface area contributed by atoms with E-state index in [0.717, 1.165) is 3.57 Å². The van der Waals surface area contributed by atoms with Gasteiger partial charge in [0.25, 0.3) is 5.91 Å². The summed E-state index contributed by atoms with van der Waals surface area (Å²) in [5.74, 6) is -0.0889. The van der Waals surface area contributed by atoms with Gasteiger partial charge in [-0.25, -0.2) is 0 Å². The Bertz CT molecular complexity index is 384. The molecule has 0 radical (unpaired) electrons. The van der Waals surface area contributed by atoms with Crippen LogP contribution in [0.5, 0.6) is 0 Å². The molecule has 1 unspecified atom stereocenters. The van der Waals surface area contributed by atoms with E-state index in [1.165, 1.54) is 0 Å². The summed E-state index contributed by atoms with van der Waals surface area (Å²) in [4.78, 5) is 11.8. The number of likely N-dealkylation sites (N-methyl/N-ethyl adjacent to an activating group) is 1. The van der Waals surface area contributed by atoms with Gasteiger partial charge in [0, 0.05) is 21.2 Å². The van der Waals surface area contributed by atoms with Gasteiger partial charge in [-0.05, 0) is 54.8 Å². The molecule has 3 nitrogen and oxygen atoms in total. The Balaban J connectivity index is 2.69. The zero-order valence-electron chi connectivity index (χ0n) is 9.18. The molecular weight excluding hydrogens is 338 g/mol. The van der Waals surface area contributed by atoms with Crippen molar-refractivity contribution in [3.8, 4) is 0 Å². The highest BCUT2D eigenvalue weighted by Crippen LogP contribution is 2.17. The first-order valence-corrected chi connectivity index (χ1v) is 6.40. The van der Waals surface area contributed by atoms with Gasteiger partial charge in [-0.3, -0.25) is 4.79 Å². The molecule has 88 valence electrons. The Labute approximate surface area is 114 Å². The molecule has 0 aromatic heterocycles. The van der Waals surface area contributed by atoms with Crippen LogP contribution in [-0.2, 0) is 0 Å². The van der Waals surface area contributed by atoms with Gasteiger partial charge >= 0.3 is 0 Å². The summed E-state index contributed by atoms with van der Waals surface area (Å²) < 4.78 is 0.900. The first-order valence-electron chi connectivity index (χ1n) is 4.95. The molecule has 1 amide bonds. The second-order valence-electron chi connectivity index (χ2n) is 3.52. The van der Waals surface area contributed by atoms with Crippen molar-refractivity contribution in [1.29, 1.82) is 0 Å². The van der Waals surface area contributed by atoms with Crippen molar-refractivity contribution in [2.24, 2.45) is 0 Å². The monoisotopic (exact) mass is 352 g/mol. The van der Waals surface area contributed by atoms with Crippen LogP contribution < -0.4 is 10.6 Å². The molecule has 2 N–H and O–H groups in total. The largest absolute Gasteiger partial charge is 0.350 e. The Hall–Kier alpha value is -0.330. The first kappa shape index (κ1) is 13.7. The highest BCUT2D eigenvalue weighted by molar-refractivity contribution is 14.1. The molecule has 0 aliphatic carbocycles. The number of nitrogens with one attached hydrogen (secondary N) is 2. The first-order chi connectivity index (χ1) is 7.54. The summed E-state index contributed by atoms with van der Waals surface area (Å²) in [5, 5.41) is 6.48. The predicted octanol–water partition coefficient (Wildman–Crippen LogP) is 2.28. The molecule has 0 heterocycles. The topological polar surface area (TPSA) is 41.1 Å². The van der Waals surface area contributed by atoms with Crippen molar-refractivity contribution >= 4 is 40.1 Å². The average Bonchev–Trinajstić information content (AvgIpc) is 2.28. The maximum Gasteiger partial charge on any atom is 0.252 e. The summed E-state index contributed by atoms with van der Waals surface area (Å²) in [7, 11) is 1.86. The van der Waals surface area contributed by atoms with Crippen LogP contribution >= 0.6 is 34.2 Å². The van der Waals surface area contributed by atoms with Gasteiger partial charge < -0.3 is 10.6 Å². The lowest BCUT2D eigenvalue weighted by Gasteiger charge is -2.12. The summed E-state index contributed by atoms with van der Waals surface area (Å²) in [5.41, 5.74) is 0.622. The van der Waals surface area contributed by atoms with Crippen LogP contribution in [0.4, 0.5) is 0 Å². The van der Waals surface area contributed by atoms with E-state index in [4.69, 9.17) is 11.6 Å². The van der Waals surface area contributed by atoms with Gasteiger partial charge in [-0.1, -0.05) is 11.6 Å². The molecule has 5 heteroatoms. The number of halogens is 2. The molecule has 0 saturated carbocycles. The van der Waals surface area contributed by atoms with Crippen molar-refractivity contribution in [3.05, 3.63) is 32.4 Å². The van der Waals surface area contributed by atoms with Crippen LogP contribution in [-0.4, -0.2) is 25.5 Å². The zero-order valence-corrected chi connectivity index (χ0v) is 12.1. The molecule has 1 aromatic carbocycles. The third kappa shape index (κ3) is 3.92. The fourth-order valence-corrected chi connectivity index (χ4v) is 1.87. The zero-order chi connectivity index (χ0) is 12.1. The van der Waals surface area contributed by atoms with Gasteiger partial charge in [0.15, 0.2) is 0 Å². The number of hydrogen-bond acceptors (Lipinski definition) is 2. The fraction of sp³-hybridized carbons (Fsp3) is 0.364. The standard InChI is InChI=1S/C11H14ClIN2O/c1-7(14-2)6-15-11(16)9-5-8(12)3-4-10(9)13/h3-5,7,14H,6H2,1-2H3,(H,15,16). The molecule has 0 bridgehead atoms. The van der Waals surface area contributed by atoms with Crippen LogP contribution in [0.3, 0.4) is 0 Å². The number of carbonyl (C=O) groups is 1. The van der Waals surface area contributed by atoms with Crippen molar-refractivity contribution < 1.29 is 4.79 Å². The van der Waals surface area contributed by atoms with Gasteiger partial charge in [0.1, 0.15) is 0 Å². The molecule has 0 aliphatic rings. The lowest BCUT2D eigenvalue weighted by molar-refractivity contribution is 0.0949. The van der Waals surface area contributed by atoms with Crippen molar-refractivity contribution in [3.63, 3.8) is 0 Å². The van der Waals surface area contributed by atoms with E-state index in [1.807, 2.05) is 20.0 Å². The molecule has 0 aliphatic heterocycles. The molecule has 1 atom stereocenters. The second-order valence-corrected chi connectivity index (χ2v) is 5.12. The van der Waals surface area contributed by atoms with Crippen LogP contribution in [0.2, 0.25) is 5.02 Å².